The fourth-order valence-electron chi connectivity index (χ4n) is 4.83. The van der Waals surface area contributed by atoms with Crippen LogP contribution in [-0.2, 0) is 17.1 Å². The molecule has 0 N–H and O–H groups in total. The van der Waals surface area contributed by atoms with Crippen molar-refractivity contribution in [1.29, 1.82) is 0 Å². The van der Waals surface area contributed by atoms with Crippen LogP contribution in [0.4, 0.5) is 11.6 Å². The van der Waals surface area contributed by atoms with Gasteiger partial charge in [-0.25, -0.2) is 18.4 Å². The van der Waals surface area contributed by atoms with Gasteiger partial charge in [0.15, 0.2) is 0 Å². The maximum absolute atomic E-state index is 13.7. The van der Waals surface area contributed by atoms with Crippen LogP contribution in [0.3, 0.4) is 0 Å². The molecule has 0 unspecified atom stereocenters. The molecule has 12 nitrogen and oxygen atoms in total. The lowest BCUT2D eigenvalue weighted by atomic mass is 10.2. The van der Waals surface area contributed by atoms with Gasteiger partial charge in [0.05, 0.1) is 17.9 Å². The Morgan fingerprint density at radius 3 is 2.26 bits per heavy atom. The summed E-state index contributed by atoms with van der Waals surface area (Å²) in [4.78, 5) is 27.8. The first-order valence-electron chi connectivity index (χ1n) is 12.7. The fourth-order valence-corrected chi connectivity index (χ4v) is 6.37. The van der Waals surface area contributed by atoms with Crippen molar-refractivity contribution in [1.82, 2.24) is 29.0 Å². The summed E-state index contributed by atoms with van der Waals surface area (Å²) < 4.78 is 35.9. The summed E-state index contributed by atoms with van der Waals surface area (Å²) in [5.74, 6) is 1.06. The zero-order valence-corrected chi connectivity index (χ0v) is 22.4. The molecule has 0 saturated carbocycles. The van der Waals surface area contributed by atoms with Crippen molar-refractivity contribution >= 4 is 27.6 Å². The molecule has 3 aromatic rings. The Labute approximate surface area is 222 Å². The van der Waals surface area contributed by atoms with Crippen LogP contribution < -0.4 is 14.5 Å². The lowest BCUT2D eigenvalue weighted by Crippen LogP contribution is -2.50. The highest BCUT2D eigenvalue weighted by Crippen LogP contribution is 2.30. The maximum Gasteiger partial charge on any atom is 0.263 e. The highest BCUT2D eigenvalue weighted by atomic mass is 32.2. The van der Waals surface area contributed by atoms with Gasteiger partial charge in [-0.1, -0.05) is 12.1 Å². The third kappa shape index (κ3) is 5.16. The number of benzene rings is 1. The molecule has 38 heavy (non-hydrogen) atoms. The van der Waals surface area contributed by atoms with E-state index in [1.54, 1.807) is 30.4 Å². The van der Waals surface area contributed by atoms with Crippen LogP contribution in [0.25, 0.3) is 0 Å². The van der Waals surface area contributed by atoms with Crippen LogP contribution in [0.2, 0.25) is 0 Å². The molecular weight excluding hydrogens is 508 g/mol. The number of amides is 1. The number of piperazine rings is 2. The number of carbonyl (C=O) groups excluding carboxylic acids is 1. The largest absolute Gasteiger partial charge is 0.492 e. The van der Waals surface area contributed by atoms with Crippen molar-refractivity contribution < 1.29 is 17.9 Å². The molecule has 2 saturated heterocycles. The van der Waals surface area contributed by atoms with Crippen LogP contribution in [0.15, 0.2) is 53.9 Å². The minimum Gasteiger partial charge on any atom is -0.492 e. The second-order valence-electron chi connectivity index (χ2n) is 9.14. The molecule has 2 aromatic heterocycles. The van der Waals surface area contributed by atoms with E-state index < -0.39 is 10.0 Å². The van der Waals surface area contributed by atoms with E-state index in [2.05, 4.69) is 20.0 Å². The lowest BCUT2D eigenvalue weighted by Gasteiger charge is -2.36. The normalized spacial score (nSPS) is 17.1. The molecular formula is C25H32N8O4S. The van der Waals surface area contributed by atoms with Gasteiger partial charge in [-0.3, -0.25) is 9.48 Å². The molecule has 13 heteroatoms. The number of nitrogens with zero attached hydrogens (tertiary/aromatic N) is 8. The molecule has 1 aromatic carbocycles. The monoisotopic (exact) mass is 540 g/mol. The highest BCUT2D eigenvalue weighted by molar-refractivity contribution is 7.89. The van der Waals surface area contributed by atoms with Crippen LogP contribution >= 0.6 is 0 Å². The number of hydrogen-bond donors (Lipinski definition) is 0. The van der Waals surface area contributed by atoms with Gasteiger partial charge < -0.3 is 19.4 Å². The van der Waals surface area contributed by atoms with E-state index in [-0.39, 0.29) is 29.6 Å². The molecule has 202 valence electrons. The third-order valence-corrected chi connectivity index (χ3v) is 8.59. The van der Waals surface area contributed by atoms with Crippen molar-refractivity contribution in [3.05, 3.63) is 54.5 Å². The average Bonchev–Trinajstić information content (AvgIpc) is 3.36. The highest BCUT2D eigenvalue weighted by Gasteiger charge is 2.36. The Hall–Kier alpha value is -3.71. The Bertz CT molecular complexity index is 1370. The number of anilines is 2. The lowest BCUT2D eigenvalue weighted by molar-refractivity contribution is 0.0742. The number of para-hydroxylation sites is 2. The first-order chi connectivity index (χ1) is 18.4. The second kappa shape index (κ2) is 11.0. The van der Waals surface area contributed by atoms with Gasteiger partial charge in [-0.2, -0.15) is 9.40 Å². The Balaban J connectivity index is 1.28. The Kier molecular flexibility index (Phi) is 7.47. The number of ether oxygens (including phenoxy) is 1. The van der Waals surface area contributed by atoms with Gasteiger partial charge >= 0.3 is 0 Å². The summed E-state index contributed by atoms with van der Waals surface area (Å²) in [5, 5.41) is 4.03. The van der Waals surface area contributed by atoms with Gasteiger partial charge in [0.1, 0.15) is 5.75 Å². The zero-order valence-electron chi connectivity index (χ0n) is 21.6. The van der Waals surface area contributed by atoms with Crippen LogP contribution in [0.1, 0.15) is 17.3 Å². The van der Waals surface area contributed by atoms with E-state index in [1.165, 1.54) is 15.2 Å². The Morgan fingerprint density at radius 2 is 1.58 bits per heavy atom. The van der Waals surface area contributed by atoms with E-state index in [9.17, 15) is 13.2 Å². The van der Waals surface area contributed by atoms with Gasteiger partial charge in [0, 0.05) is 78.0 Å². The van der Waals surface area contributed by atoms with Crippen molar-refractivity contribution in [3.63, 3.8) is 0 Å². The minimum atomic E-state index is -3.97. The minimum absolute atomic E-state index is 0.0982. The van der Waals surface area contributed by atoms with Crippen molar-refractivity contribution in [2.24, 2.45) is 7.05 Å². The maximum atomic E-state index is 13.7. The standard InChI is InChI=1S/C25H32N8O4S/c1-3-37-22-8-5-4-7-21(22)30-15-17-33(18-16-30)38(35,36)23-20(19-29(2)28-23)24(34)31-11-13-32(14-12-31)25-26-9-6-10-27-25/h4-10,19H,3,11-18H2,1-2H3. The van der Waals surface area contributed by atoms with E-state index in [0.29, 0.717) is 51.8 Å². The van der Waals surface area contributed by atoms with Crippen molar-refractivity contribution in [2.75, 3.05) is 68.8 Å². The average molecular weight is 541 g/mol. The number of hydrogen-bond acceptors (Lipinski definition) is 9. The molecule has 5 rings (SSSR count). The van der Waals surface area contributed by atoms with Gasteiger partial charge in [0.2, 0.25) is 11.0 Å². The van der Waals surface area contributed by atoms with E-state index >= 15 is 0 Å². The predicted octanol–water partition coefficient (Wildman–Crippen LogP) is 1.08. The summed E-state index contributed by atoms with van der Waals surface area (Å²) in [5.41, 5.74) is 1.04. The van der Waals surface area contributed by atoms with Crippen LogP contribution in [0.5, 0.6) is 5.75 Å². The molecule has 2 fully saturated rings. The number of rotatable bonds is 7. The first kappa shape index (κ1) is 25.9. The van der Waals surface area contributed by atoms with Gasteiger partial charge in [0.25, 0.3) is 15.9 Å². The SMILES string of the molecule is CCOc1ccccc1N1CCN(S(=O)(=O)c2nn(C)cc2C(=O)N2CCN(c3ncccn3)CC2)CC1. The molecule has 2 aliphatic heterocycles. The van der Waals surface area contributed by atoms with Crippen molar-refractivity contribution in [2.45, 2.75) is 11.9 Å². The quantitative estimate of drug-likeness (QED) is 0.434. The van der Waals surface area contributed by atoms with E-state index in [0.717, 1.165) is 11.4 Å². The van der Waals surface area contributed by atoms with E-state index in [1.807, 2.05) is 36.1 Å². The summed E-state index contributed by atoms with van der Waals surface area (Å²) in [6.45, 7) is 6.04. The van der Waals surface area contributed by atoms with Gasteiger partial charge in [-0.05, 0) is 25.1 Å². The van der Waals surface area contributed by atoms with Crippen molar-refractivity contribution in [3.8, 4) is 5.75 Å². The van der Waals surface area contributed by atoms with Crippen LogP contribution in [0, 0.1) is 0 Å². The van der Waals surface area contributed by atoms with Gasteiger partial charge in [-0.15, -0.1) is 0 Å². The fraction of sp³-hybridized carbons (Fsp3) is 0.440. The van der Waals surface area contributed by atoms with Crippen LogP contribution in [-0.4, -0.2) is 102 Å². The van der Waals surface area contributed by atoms with E-state index in [4.69, 9.17) is 4.74 Å². The molecule has 0 atom stereocenters. The number of aryl methyl sites for hydroxylation is 1. The zero-order chi connectivity index (χ0) is 26.7. The smallest absolute Gasteiger partial charge is 0.263 e. The Morgan fingerprint density at radius 1 is 0.921 bits per heavy atom. The first-order valence-corrected chi connectivity index (χ1v) is 14.1. The summed E-state index contributed by atoms with van der Waals surface area (Å²) >= 11 is 0. The number of aromatic nitrogens is 4. The summed E-state index contributed by atoms with van der Waals surface area (Å²) in [6.07, 6.45) is 4.87. The molecule has 0 spiro atoms. The molecule has 0 aliphatic carbocycles. The molecule has 0 bridgehead atoms. The summed E-state index contributed by atoms with van der Waals surface area (Å²) in [7, 11) is -2.34. The predicted molar refractivity (Wildman–Crippen MR) is 142 cm³/mol. The second-order valence-corrected chi connectivity index (χ2v) is 11.0. The molecule has 4 heterocycles. The number of carbonyl (C=O) groups is 1. The topological polar surface area (TPSA) is 117 Å². The number of sulfonamides is 1. The molecule has 0 radical (unpaired) electrons. The molecule has 1 amide bonds. The summed E-state index contributed by atoms with van der Waals surface area (Å²) in [6, 6.07) is 9.52. The third-order valence-electron chi connectivity index (χ3n) is 6.76. The molecule has 2 aliphatic rings.